The average Bonchev–Trinajstić information content (AvgIpc) is 2.87. The fraction of sp³-hybridized carbons (Fsp3) is 0.625. The summed E-state index contributed by atoms with van der Waals surface area (Å²) in [7, 11) is 3.49. The van der Waals surface area contributed by atoms with Gasteiger partial charge in [-0.1, -0.05) is 0 Å². The summed E-state index contributed by atoms with van der Waals surface area (Å²) in [5.41, 5.74) is 0.695. The van der Waals surface area contributed by atoms with Crippen molar-refractivity contribution in [2.45, 2.75) is 26.7 Å². The minimum atomic E-state index is -0.372. The fourth-order valence-electron chi connectivity index (χ4n) is 2.84. The topological polar surface area (TPSA) is 49.9 Å². The number of rotatable bonds is 4. The van der Waals surface area contributed by atoms with Crippen LogP contribution in [0.1, 0.15) is 34.3 Å². The molecule has 0 atom stereocenters. The second kappa shape index (κ2) is 7.24. The Labute approximate surface area is 135 Å². The van der Waals surface area contributed by atoms with E-state index in [2.05, 4.69) is 11.9 Å². The first-order valence-corrected chi connectivity index (χ1v) is 8.39. The molecule has 0 radical (unpaired) electrons. The van der Waals surface area contributed by atoms with Crippen LogP contribution in [0.2, 0.25) is 0 Å². The summed E-state index contributed by atoms with van der Waals surface area (Å²) >= 11 is 1.38. The Morgan fingerprint density at radius 1 is 1.41 bits per heavy atom. The highest BCUT2D eigenvalue weighted by Gasteiger charge is 2.26. The highest BCUT2D eigenvalue weighted by Crippen LogP contribution is 2.32. The molecule has 0 saturated carbocycles. The number of thiophene rings is 1. The van der Waals surface area contributed by atoms with E-state index >= 15 is 0 Å². The molecule has 0 spiro atoms. The van der Waals surface area contributed by atoms with E-state index in [9.17, 15) is 9.59 Å². The molecule has 0 aromatic carbocycles. The fourth-order valence-corrected chi connectivity index (χ4v) is 3.77. The van der Waals surface area contributed by atoms with Crippen LogP contribution < -0.4 is 4.90 Å². The molecular weight excluding hydrogens is 300 g/mol. The van der Waals surface area contributed by atoms with Gasteiger partial charge in [-0.05, 0) is 51.9 Å². The van der Waals surface area contributed by atoms with Crippen LogP contribution in [0.3, 0.4) is 0 Å². The van der Waals surface area contributed by atoms with Crippen LogP contribution in [0.5, 0.6) is 0 Å². The highest BCUT2D eigenvalue weighted by molar-refractivity contribution is 7.14. The number of hydrogen-bond acceptors (Lipinski definition) is 5. The molecule has 1 aromatic rings. The molecule has 1 aliphatic rings. The number of amides is 1. The second-order valence-corrected chi connectivity index (χ2v) is 7.20. The van der Waals surface area contributed by atoms with Gasteiger partial charge in [-0.3, -0.25) is 4.79 Å². The van der Waals surface area contributed by atoms with Crippen LogP contribution in [0.25, 0.3) is 0 Å². The summed E-state index contributed by atoms with van der Waals surface area (Å²) in [6.45, 7) is 6.28. The van der Waals surface area contributed by atoms with Gasteiger partial charge >= 0.3 is 5.97 Å². The van der Waals surface area contributed by atoms with Crippen molar-refractivity contribution < 1.29 is 14.3 Å². The lowest BCUT2D eigenvalue weighted by Gasteiger charge is -2.32. The number of hydrogen-bond donors (Lipinski definition) is 0. The first-order valence-electron chi connectivity index (χ1n) is 7.57. The van der Waals surface area contributed by atoms with Crippen molar-refractivity contribution in [2.24, 2.45) is 5.92 Å². The normalized spacial score (nSPS) is 16.5. The standard InChI is InChI=1S/C16H24N2O3S/c1-11-9-14(15(22-11)16(20)21-4)18(12(2)19)10-13-5-7-17(3)8-6-13/h9,13H,5-8,10H2,1-4H3. The van der Waals surface area contributed by atoms with Crippen LogP contribution >= 0.6 is 11.3 Å². The molecule has 22 heavy (non-hydrogen) atoms. The number of carbonyl (C=O) groups excluding carboxylic acids is 2. The molecule has 1 aromatic heterocycles. The maximum absolute atomic E-state index is 12.1. The van der Waals surface area contributed by atoms with Crippen LogP contribution in [0.4, 0.5) is 5.69 Å². The van der Waals surface area contributed by atoms with Gasteiger partial charge in [0.1, 0.15) is 4.88 Å². The van der Waals surface area contributed by atoms with E-state index in [-0.39, 0.29) is 11.9 Å². The Hall–Kier alpha value is -1.40. The summed E-state index contributed by atoms with van der Waals surface area (Å²) in [6, 6.07) is 1.91. The van der Waals surface area contributed by atoms with Crippen molar-refractivity contribution in [3.05, 3.63) is 15.8 Å². The SMILES string of the molecule is COC(=O)c1sc(C)cc1N(CC1CCN(C)CC1)C(C)=O. The van der Waals surface area contributed by atoms with Gasteiger partial charge < -0.3 is 14.5 Å². The van der Waals surface area contributed by atoms with E-state index in [0.29, 0.717) is 23.0 Å². The second-order valence-electron chi connectivity index (χ2n) is 5.94. The van der Waals surface area contributed by atoms with Gasteiger partial charge in [-0.25, -0.2) is 4.79 Å². The molecule has 1 fully saturated rings. The zero-order chi connectivity index (χ0) is 16.3. The van der Waals surface area contributed by atoms with Gasteiger partial charge in [0.25, 0.3) is 0 Å². The van der Waals surface area contributed by atoms with Crippen molar-refractivity contribution >= 4 is 28.9 Å². The number of piperidine rings is 1. The summed E-state index contributed by atoms with van der Waals surface area (Å²) in [5.74, 6) is 0.0791. The van der Waals surface area contributed by atoms with Crippen molar-refractivity contribution in [3.63, 3.8) is 0 Å². The Kier molecular flexibility index (Phi) is 5.58. The molecule has 1 amide bonds. The Morgan fingerprint density at radius 2 is 2.05 bits per heavy atom. The van der Waals surface area contributed by atoms with E-state index in [1.165, 1.54) is 18.4 Å². The number of aryl methyl sites for hydroxylation is 1. The number of carbonyl (C=O) groups is 2. The molecule has 0 aliphatic carbocycles. The predicted octanol–water partition coefficient (Wildman–Crippen LogP) is 2.54. The van der Waals surface area contributed by atoms with Crippen molar-refractivity contribution in [1.82, 2.24) is 4.90 Å². The molecule has 0 unspecified atom stereocenters. The van der Waals surface area contributed by atoms with E-state index in [1.54, 1.807) is 11.8 Å². The van der Waals surface area contributed by atoms with Gasteiger partial charge in [0.05, 0.1) is 12.8 Å². The maximum Gasteiger partial charge on any atom is 0.350 e. The van der Waals surface area contributed by atoms with Crippen molar-refractivity contribution in [3.8, 4) is 0 Å². The van der Waals surface area contributed by atoms with Gasteiger partial charge in [-0.15, -0.1) is 11.3 Å². The minimum absolute atomic E-state index is 0.0260. The zero-order valence-corrected chi connectivity index (χ0v) is 14.5. The van der Waals surface area contributed by atoms with E-state index < -0.39 is 0 Å². The summed E-state index contributed by atoms with van der Waals surface area (Å²) < 4.78 is 4.85. The van der Waals surface area contributed by atoms with Gasteiger partial charge in [0.2, 0.25) is 5.91 Å². The monoisotopic (exact) mass is 324 g/mol. The number of ether oxygens (including phenoxy) is 1. The maximum atomic E-state index is 12.1. The lowest BCUT2D eigenvalue weighted by atomic mass is 9.96. The molecule has 122 valence electrons. The first-order chi connectivity index (χ1) is 10.4. The molecule has 5 nitrogen and oxygen atoms in total. The molecule has 2 heterocycles. The lowest BCUT2D eigenvalue weighted by Crippen LogP contribution is -2.39. The van der Waals surface area contributed by atoms with Crippen LogP contribution in [-0.4, -0.2) is 50.6 Å². The smallest absolute Gasteiger partial charge is 0.350 e. The Balaban J connectivity index is 2.21. The van der Waals surface area contributed by atoms with Crippen molar-refractivity contribution in [1.29, 1.82) is 0 Å². The Bertz CT molecular complexity index is 548. The van der Waals surface area contributed by atoms with Crippen LogP contribution in [-0.2, 0) is 9.53 Å². The third-order valence-electron chi connectivity index (χ3n) is 4.16. The number of anilines is 1. The summed E-state index contributed by atoms with van der Waals surface area (Å²) in [6.07, 6.45) is 2.16. The minimum Gasteiger partial charge on any atom is -0.465 e. The molecule has 1 saturated heterocycles. The third-order valence-corrected chi connectivity index (χ3v) is 5.18. The molecule has 1 aliphatic heterocycles. The molecular formula is C16H24N2O3S. The number of likely N-dealkylation sites (tertiary alicyclic amines) is 1. The van der Waals surface area contributed by atoms with Gasteiger partial charge in [0, 0.05) is 18.3 Å². The van der Waals surface area contributed by atoms with Crippen LogP contribution in [0.15, 0.2) is 6.07 Å². The van der Waals surface area contributed by atoms with Gasteiger partial charge in [0.15, 0.2) is 0 Å². The highest BCUT2D eigenvalue weighted by atomic mass is 32.1. The van der Waals surface area contributed by atoms with Gasteiger partial charge in [-0.2, -0.15) is 0 Å². The van der Waals surface area contributed by atoms with E-state index in [0.717, 1.165) is 30.8 Å². The van der Waals surface area contributed by atoms with E-state index in [1.807, 2.05) is 13.0 Å². The quantitative estimate of drug-likeness (QED) is 0.799. The first kappa shape index (κ1) is 17.0. The molecule has 6 heteroatoms. The van der Waals surface area contributed by atoms with Crippen molar-refractivity contribution in [2.75, 3.05) is 38.7 Å². The summed E-state index contributed by atoms with van der Waals surface area (Å²) in [4.78, 5) is 29.6. The molecule has 0 N–H and O–H groups in total. The number of nitrogens with zero attached hydrogens (tertiary/aromatic N) is 2. The zero-order valence-electron chi connectivity index (χ0n) is 13.7. The number of esters is 1. The van der Waals surface area contributed by atoms with E-state index in [4.69, 9.17) is 4.74 Å². The van der Waals surface area contributed by atoms with Crippen LogP contribution in [0, 0.1) is 12.8 Å². The average molecular weight is 324 g/mol. The predicted molar refractivity (Wildman–Crippen MR) is 88.6 cm³/mol. The lowest BCUT2D eigenvalue weighted by molar-refractivity contribution is -0.116. The summed E-state index contributed by atoms with van der Waals surface area (Å²) in [5, 5.41) is 0. The molecule has 0 bridgehead atoms. The Morgan fingerprint density at radius 3 is 2.59 bits per heavy atom. The third kappa shape index (κ3) is 3.87. The number of methoxy groups -OCH3 is 1. The molecule has 2 rings (SSSR count). The largest absolute Gasteiger partial charge is 0.465 e.